The van der Waals surface area contributed by atoms with Crippen molar-refractivity contribution in [1.82, 2.24) is 15.3 Å². The fourth-order valence-corrected chi connectivity index (χ4v) is 3.04. The third kappa shape index (κ3) is 4.30. The van der Waals surface area contributed by atoms with Gasteiger partial charge in [-0.15, -0.1) is 0 Å². The lowest BCUT2D eigenvalue weighted by Crippen LogP contribution is -2.41. The molecule has 0 bridgehead atoms. The van der Waals surface area contributed by atoms with Crippen LogP contribution in [-0.4, -0.2) is 48.1 Å². The Hall–Kier alpha value is -2.64. The van der Waals surface area contributed by atoms with Crippen molar-refractivity contribution in [1.29, 1.82) is 0 Å². The van der Waals surface area contributed by atoms with E-state index in [1.807, 2.05) is 24.0 Å². The van der Waals surface area contributed by atoms with Gasteiger partial charge in [-0.1, -0.05) is 0 Å². The van der Waals surface area contributed by atoms with Crippen LogP contribution in [-0.2, 0) is 14.3 Å². The molecule has 1 aliphatic heterocycles. The molecule has 0 aliphatic carbocycles. The molecule has 8 heteroatoms. The number of hydrogen-bond donors (Lipinski definition) is 1. The number of carbonyl (C=O) groups excluding carboxylic acids is 2. The summed E-state index contributed by atoms with van der Waals surface area (Å²) in [5, 5.41) is 2.82. The molecule has 0 radical (unpaired) electrons. The zero-order valence-corrected chi connectivity index (χ0v) is 15.2. The number of aromatic nitrogens is 2. The third-order valence-electron chi connectivity index (χ3n) is 4.45. The van der Waals surface area contributed by atoms with Gasteiger partial charge in [-0.05, 0) is 38.8 Å². The Balaban J connectivity index is 1.48. The fourth-order valence-electron chi connectivity index (χ4n) is 3.04. The molecular formula is C18H24N4O4. The van der Waals surface area contributed by atoms with E-state index < -0.39 is 0 Å². The van der Waals surface area contributed by atoms with Crippen LogP contribution in [0.4, 0.5) is 6.01 Å². The van der Waals surface area contributed by atoms with Gasteiger partial charge < -0.3 is 19.4 Å². The summed E-state index contributed by atoms with van der Waals surface area (Å²) in [7, 11) is 0. The highest BCUT2D eigenvalue weighted by molar-refractivity contribution is 5.79. The molecule has 1 N–H and O–H groups in total. The van der Waals surface area contributed by atoms with Crippen LogP contribution >= 0.6 is 0 Å². The topological polar surface area (TPSA) is 97.6 Å². The third-order valence-corrected chi connectivity index (χ3v) is 4.45. The first-order valence-electron chi connectivity index (χ1n) is 8.99. The summed E-state index contributed by atoms with van der Waals surface area (Å²) >= 11 is 0. The second-order valence-corrected chi connectivity index (χ2v) is 6.38. The average molecular weight is 360 g/mol. The van der Waals surface area contributed by atoms with E-state index in [1.165, 1.54) is 0 Å². The number of hydrogen-bond acceptors (Lipinski definition) is 7. The molecule has 1 saturated heterocycles. The quantitative estimate of drug-likeness (QED) is 0.785. The number of pyridine rings is 1. The van der Waals surface area contributed by atoms with E-state index >= 15 is 0 Å². The number of amides is 1. The molecule has 26 heavy (non-hydrogen) atoms. The lowest BCUT2D eigenvalue weighted by molar-refractivity contribution is -0.143. The summed E-state index contributed by atoms with van der Waals surface area (Å²) in [6, 6.07) is 4.32. The summed E-state index contributed by atoms with van der Waals surface area (Å²) in [6.45, 7) is 5.74. The standard InChI is InChI=1S/C18H24N4O4/c1-3-25-15(23)6-9-19-17(24)13-7-10-22(11-8-13)18-21-16-14(26-18)5-4-12(2)20-16/h4-5,13H,3,6-11H2,1-2H3,(H,19,24). The number of anilines is 1. The van der Waals surface area contributed by atoms with Crippen molar-refractivity contribution in [2.45, 2.75) is 33.1 Å². The Kier molecular flexibility index (Phi) is 5.70. The largest absolute Gasteiger partial charge is 0.466 e. The molecule has 2 aromatic heterocycles. The van der Waals surface area contributed by atoms with Crippen molar-refractivity contribution in [2.24, 2.45) is 5.92 Å². The first-order chi connectivity index (χ1) is 12.6. The molecule has 0 aromatic carbocycles. The summed E-state index contributed by atoms with van der Waals surface area (Å²) in [4.78, 5) is 34.4. The monoisotopic (exact) mass is 360 g/mol. The molecule has 0 unspecified atom stereocenters. The lowest BCUT2D eigenvalue weighted by atomic mass is 9.96. The molecule has 140 valence electrons. The van der Waals surface area contributed by atoms with E-state index in [0.717, 1.165) is 18.5 Å². The number of ether oxygens (including phenoxy) is 1. The second-order valence-electron chi connectivity index (χ2n) is 6.38. The number of nitrogens with zero attached hydrogens (tertiary/aromatic N) is 3. The Labute approximate surface area is 151 Å². The Morgan fingerprint density at radius 1 is 1.31 bits per heavy atom. The molecule has 3 heterocycles. The first-order valence-corrected chi connectivity index (χ1v) is 8.99. The zero-order chi connectivity index (χ0) is 18.5. The number of aryl methyl sites for hydroxylation is 1. The highest BCUT2D eigenvalue weighted by Gasteiger charge is 2.27. The van der Waals surface area contributed by atoms with Crippen LogP contribution in [0, 0.1) is 12.8 Å². The number of carbonyl (C=O) groups is 2. The molecule has 0 atom stereocenters. The maximum absolute atomic E-state index is 12.2. The van der Waals surface area contributed by atoms with Crippen LogP contribution in [0.5, 0.6) is 0 Å². The Bertz CT molecular complexity index is 781. The number of rotatable bonds is 6. The van der Waals surface area contributed by atoms with Crippen molar-refractivity contribution >= 4 is 29.1 Å². The summed E-state index contributed by atoms with van der Waals surface area (Å²) in [5.41, 5.74) is 2.18. The average Bonchev–Trinajstić information content (AvgIpc) is 3.05. The summed E-state index contributed by atoms with van der Waals surface area (Å²) < 4.78 is 10.6. The van der Waals surface area contributed by atoms with Crippen molar-refractivity contribution in [3.63, 3.8) is 0 Å². The fraction of sp³-hybridized carbons (Fsp3) is 0.556. The molecule has 3 rings (SSSR count). The van der Waals surface area contributed by atoms with Crippen molar-refractivity contribution in [2.75, 3.05) is 31.1 Å². The smallest absolute Gasteiger partial charge is 0.307 e. The molecule has 1 aliphatic rings. The van der Waals surface area contributed by atoms with Gasteiger partial charge in [0.1, 0.15) is 0 Å². The number of oxazole rings is 1. The molecular weight excluding hydrogens is 336 g/mol. The summed E-state index contributed by atoms with van der Waals surface area (Å²) in [6.07, 6.45) is 1.64. The van der Waals surface area contributed by atoms with Gasteiger partial charge in [0.25, 0.3) is 6.01 Å². The minimum Gasteiger partial charge on any atom is -0.466 e. The second kappa shape index (κ2) is 8.16. The van der Waals surface area contributed by atoms with Crippen molar-refractivity contribution < 1.29 is 18.7 Å². The zero-order valence-electron chi connectivity index (χ0n) is 15.2. The maximum atomic E-state index is 12.2. The van der Waals surface area contributed by atoms with Crippen LogP contribution in [0.2, 0.25) is 0 Å². The van der Waals surface area contributed by atoms with Crippen LogP contribution in [0.15, 0.2) is 16.5 Å². The van der Waals surface area contributed by atoms with Gasteiger partial charge in [-0.2, -0.15) is 4.98 Å². The maximum Gasteiger partial charge on any atom is 0.307 e. The number of esters is 1. The number of fused-ring (bicyclic) bond motifs is 1. The molecule has 8 nitrogen and oxygen atoms in total. The minimum absolute atomic E-state index is 0.0104. The van der Waals surface area contributed by atoms with Gasteiger partial charge >= 0.3 is 5.97 Å². The van der Waals surface area contributed by atoms with Crippen LogP contribution in [0.25, 0.3) is 11.2 Å². The predicted molar refractivity (Wildman–Crippen MR) is 95.7 cm³/mol. The van der Waals surface area contributed by atoms with E-state index in [-0.39, 0.29) is 24.2 Å². The molecule has 1 amide bonds. The van der Waals surface area contributed by atoms with Crippen LogP contribution in [0.1, 0.15) is 31.9 Å². The van der Waals surface area contributed by atoms with Crippen LogP contribution in [0.3, 0.4) is 0 Å². The lowest BCUT2D eigenvalue weighted by Gasteiger charge is -2.30. The molecule has 2 aromatic rings. The van der Waals surface area contributed by atoms with Gasteiger partial charge in [0.15, 0.2) is 5.58 Å². The number of nitrogens with one attached hydrogen (secondary N) is 1. The van der Waals surface area contributed by atoms with E-state index in [4.69, 9.17) is 9.15 Å². The van der Waals surface area contributed by atoms with E-state index in [9.17, 15) is 9.59 Å². The van der Waals surface area contributed by atoms with Gasteiger partial charge in [0.05, 0.1) is 13.0 Å². The van der Waals surface area contributed by atoms with Gasteiger partial charge in [-0.3, -0.25) is 9.59 Å². The molecule has 0 spiro atoms. The van der Waals surface area contributed by atoms with Gasteiger partial charge in [0, 0.05) is 31.2 Å². The van der Waals surface area contributed by atoms with Crippen molar-refractivity contribution in [3.8, 4) is 0 Å². The summed E-state index contributed by atoms with van der Waals surface area (Å²) in [5.74, 6) is -0.357. The normalized spacial score (nSPS) is 15.2. The number of piperidine rings is 1. The van der Waals surface area contributed by atoms with Crippen LogP contribution < -0.4 is 10.2 Å². The first kappa shape index (κ1) is 18.2. The molecule has 0 saturated carbocycles. The predicted octanol–water partition coefficient (Wildman–Crippen LogP) is 1.82. The highest BCUT2D eigenvalue weighted by atomic mass is 16.5. The van der Waals surface area contributed by atoms with E-state index in [2.05, 4.69) is 15.3 Å². The van der Waals surface area contributed by atoms with Gasteiger partial charge in [-0.25, -0.2) is 4.98 Å². The highest BCUT2D eigenvalue weighted by Crippen LogP contribution is 2.25. The van der Waals surface area contributed by atoms with Crippen molar-refractivity contribution in [3.05, 3.63) is 17.8 Å². The van der Waals surface area contributed by atoms with E-state index in [0.29, 0.717) is 43.5 Å². The SMILES string of the molecule is CCOC(=O)CCNC(=O)C1CCN(c2nc3nc(C)ccc3o2)CC1. The Morgan fingerprint density at radius 3 is 2.81 bits per heavy atom. The molecule has 1 fully saturated rings. The Morgan fingerprint density at radius 2 is 2.08 bits per heavy atom. The minimum atomic E-state index is -0.289. The van der Waals surface area contributed by atoms with Gasteiger partial charge in [0.2, 0.25) is 11.6 Å². The van der Waals surface area contributed by atoms with E-state index in [1.54, 1.807) is 6.92 Å².